The van der Waals surface area contributed by atoms with Crippen LogP contribution in [0.4, 0.5) is 4.79 Å². The van der Waals surface area contributed by atoms with E-state index in [4.69, 9.17) is 16.3 Å². The average molecular weight is 437 g/mol. The van der Waals surface area contributed by atoms with Gasteiger partial charge in [-0.25, -0.2) is 4.79 Å². The van der Waals surface area contributed by atoms with Crippen molar-refractivity contribution in [3.63, 3.8) is 0 Å². The zero-order valence-electron chi connectivity index (χ0n) is 17.5. The number of benzene rings is 1. The standard InChI is InChI=1S/C21H29ClN4O4/c1-21(2)19(28)26(20(29)23-21)9-3-4-18(27)25-12-10-24(11-13-25)14-15-30-17-7-5-16(22)6-8-17/h5-8H,3-4,9-15H2,1-2H3,(H,23,29). The molecule has 2 fully saturated rings. The lowest BCUT2D eigenvalue weighted by Crippen LogP contribution is -2.49. The SMILES string of the molecule is CC1(C)NC(=O)N(CCCC(=O)N2CCN(CCOc3ccc(Cl)cc3)CC2)C1=O. The monoisotopic (exact) mass is 436 g/mol. The molecule has 30 heavy (non-hydrogen) atoms. The first-order chi connectivity index (χ1) is 14.3. The maximum atomic E-state index is 12.5. The number of nitrogens with one attached hydrogen (secondary N) is 1. The average Bonchev–Trinajstić information content (AvgIpc) is 2.91. The van der Waals surface area contributed by atoms with Gasteiger partial charge >= 0.3 is 6.03 Å². The highest BCUT2D eigenvalue weighted by Gasteiger charge is 2.43. The van der Waals surface area contributed by atoms with Crippen LogP contribution in [0, 0.1) is 0 Å². The van der Waals surface area contributed by atoms with Crippen molar-refractivity contribution in [2.75, 3.05) is 45.9 Å². The highest BCUT2D eigenvalue weighted by Crippen LogP contribution is 2.18. The highest BCUT2D eigenvalue weighted by atomic mass is 35.5. The summed E-state index contributed by atoms with van der Waals surface area (Å²) in [7, 11) is 0. The van der Waals surface area contributed by atoms with Gasteiger partial charge in [-0.05, 0) is 44.5 Å². The summed E-state index contributed by atoms with van der Waals surface area (Å²) in [6.45, 7) is 7.96. The van der Waals surface area contributed by atoms with Crippen molar-refractivity contribution in [3.05, 3.63) is 29.3 Å². The molecule has 0 saturated carbocycles. The van der Waals surface area contributed by atoms with Crippen molar-refractivity contribution in [2.45, 2.75) is 32.2 Å². The molecule has 2 heterocycles. The van der Waals surface area contributed by atoms with Gasteiger partial charge < -0.3 is 15.0 Å². The van der Waals surface area contributed by atoms with E-state index in [9.17, 15) is 14.4 Å². The molecule has 0 radical (unpaired) electrons. The quantitative estimate of drug-likeness (QED) is 0.630. The van der Waals surface area contributed by atoms with Gasteiger partial charge in [0.15, 0.2) is 0 Å². The molecule has 0 spiro atoms. The van der Waals surface area contributed by atoms with Gasteiger partial charge in [0.25, 0.3) is 5.91 Å². The maximum absolute atomic E-state index is 12.5. The van der Waals surface area contributed by atoms with Crippen molar-refractivity contribution in [1.29, 1.82) is 0 Å². The summed E-state index contributed by atoms with van der Waals surface area (Å²) in [4.78, 5) is 41.8. The molecule has 0 bridgehead atoms. The van der Waals surface area contributed by atoms with Crippen LogP contribution in [0.25, 0.3) is 0 Å². The van der Waals surface area contributed by atoms with Gasteiger partial charge in [0.2, 0.25) is 5.91 Å². The Morgan fingerprint density at radius 2 is 1.77 bits per heavy atom. The Labute approximate surface area is 182 Å². The lowest BCUT2D eigenvalue weighted by Gasteiger charge is -2.34. The highest BCUT2D eigenvalue weighted by molar-refractivity contribution is 6.30. The molecule has 2 aliphatic heterocycles. The third kappa shape index (κ3) is 5.64. The maximum Gasteiger partial charge on any atom is 0.325 e. The molecule has 1 N–H and O–H groups in total. The van der Waals surface area contributed by atoms with Crippen LogP contribution in [0.2, 0.25) is 5.02 Å². The fraction of sp³-hybridized carbons (Fsp3) is 0.571. The Kier molecular flexibility index (Phi) is 7.20. The van der Waals surface area contributed by atoms with E-state index in [2.05, 4.69) is 10.2 Å². The molecular formula is C21H29ClN4O4. The van der Waals surface area contributed by atoms with E-state index in [1.807, 2.05) is 17.0 Å². The van der Waals surface area contributed by atoms with Gasteiger partial charge in [-0.2, -0.15) is 0 Å². The lowest BCUT2D eigenvalue weighted by molar-refractivity contribution is -0.134. The summed E-state index contributed by atoms with van der Waals surface area (Å²) in [5, 5.41) is 3.33. The molecule has 3 rings (SSSR count). The Bertz CT molecular complexity index is 776. The van der Waals surface area contributed by atoms with E-state index >= 15 is 0 Å². The number of amides is 4. The largest absolute Gasteiger partial charge is 0.492 e. The van der Waals surface area contributed by atoms with Crippen molar-refractivity contribution >= 4 is 29.4 Å². The van der Waals surface area contributed by atoms with Crippen LogP contribution in [0.5, 0.6) is 5.75 Å². The van der Waals surface area contributed by atoms with Crippen molar-refractivity contribution in [1.82, 2.24) is 20.0 Å². The fourth-order valence-corrected chi connectivity index (χ4v) is 3.74. The van der Waals surface area contributed by atoms with E-state index < -0.39 is 5.54 Å². The molecule has 2 aliphatic rings. The van der Waals surface area contributed by atoms with Gasteiger partial charge in [0.1, 0.15) is 17.9 Å². The summed E-state index contributed by atoms with van der Waals surface area (Å²) < 4.78 is 5.73. The van der Waals surface area contributed by atoms with Gasteiger partial charge in [0.05, 0.1) is 0 Å². The molecule has 164 valence electrons. The third-order valence-corrected chi connectivity index (χ3v) is 5.68. The Morgan fingerprint density at radius 1 is 1.10 bits per heavy atom. The van der Waals surface area contributed by atoms with E-state index in [1.165, 1.54) is 4.90 Å². The normalized spacial score (nSPS) is 19.2. The van der Waals surface area contributed by atoms with Crippen LogP contribution in [0.1, 0.15) is 26.7 Å². The predicted molar refractivity (Wildman–Crippen MR) is 114 cm³/mol. The third-order valence-electron chi connectivity index (χ3n) is 5.43. The summed E-state index contributed by atoms with van der Waals surface area (Å²) >= 11 is 5.86. The zero-order chi connectivity index (χ0) is 21.7. The first kappa shape index (κ1) is 22.4. The zero-order valence-corrected chi connectivity index (χ0v) is 18.3. The molecular weight excluding hydrogens is 408 g/mol. The number of halogens is 1. The first-order valence-corrected chi connectivity index (χ1v) is 10.7. The summed E-state index contributed by atoms with van der Waals surface area (Å²) in [6, 6.07) is 6.91. The van der Waals surface area contributed by atoms with Gasteiger partial charge in [-0.15, -0.1) is 0 Å². The van der Waals surface area contributed by atoms with Crippen molar-refractivity contribution in [2.24, 2.45) is 0 Å². The summed E-state index contributed by atoms with van der Waals surface area (Å²) in [5.74, 6) is 0.620. The second-order valence-electron chi connectivity index (χ2n) is 8.14. The van der Waals surface area contributed by atoms with Gasteiger partial charge in [-0.1, -0.05) is 11.6 Å². The second kappa shape index (κ2) is 9.66. The van der Waals surface area contributed by atoms with Gasteiger partial charge in [0, 0.05) is 50.7 Å². The number of piperazine rings is 1. The Hall–Kier alpha value is -2.32. The molecule has 4 amide bonds. The lowest BCUT2D eigenvalue weighted by atomic mass is 10.1. The first-order valence-electron chi connectivity index (χ1n) is 10.3. The van der Waals surface area contributed by atoms with Crippen molar-refractivity contribution in [3.8, 4) is 5.75 Å². The second-order valence-corrected chi connectivity index (χ2v) is 8.58. The Balaban J connectivity index is 1.32. The number of nitrogens with zero attached hydrogens (tertiary/aromatic N) is 3. The molecule has 2 saturated heterocycles. The molecule has 9 heteroatoms. The van der Waals surface area contributed by atoms with E-state index in [-0.39, 0.29) is 24.4 Å². The number of hydrogen-bond acceptors (Lipinski definition) is 5. The molecule has 0 aromatic heterocycles. The predicted octanol–water partition coefficient (Wildman–Crippen LogP) is 1.97. The molecule has 1 aromatic carbocycles. The minimum Gasteiger partial charge on any atom is -0.492 e. The smallest absolute Gasteiger partial charge is 0.325 e. The number of ether oxygens (including phenoxy) is 1. The minimum atomic E-state index is -0.866. The molecule has 0 aliphatic carbocycles. The van der Waals surface area contributed by atoms with Crippen LogP contribution in [0.3, 0.4) is 0 Å². The van der Waals surface area contributed by atoms with Crippen LogP contribution in [-0.4, -0.2) is 84.0 Å². The fourth-order valence-electron chi connectivity index (χ4n) is 3.61. The van der Waals surface area contributed by atoms with Crippen molar-refractivity contribution < 1.29 is 19.1 Å². The van der Waals surface area contributed by atoms with Crippen LogP contribution < -0.4 is 10.1 Å². The number of imide groups is 1. The number of hydrogen-bond donors (Lipinski definition) is 1. The van der Waals surface area contributed by atoms with Crippen LogP contribution in [-0.2, 0) is 9.59 Å². The number of urea groups is 1. The van der Waals surface area contributed by atoms with Crippen LogP contribution >= 0.6 is 11.6 Å². The minimum absolute atomic E-state index is 0.0679. The number of carbonyl (C=O) groups excluding carboxylic acids is 3. The van der Waals surface area contributed by atoms with E-state index in [0.29, 0.717) is 37.6 Å². The van der Waals surface area contributed by atoms with E-state index in [1.54, 1.807) is 26.0 Å². The molecule has 8 nitrogen and oxygen atoms in total. The number of rotatable bonds is 8. The molecule has 0 atom stereocenters. The number of carbonyl (C=O) groups is 3. The summed E-state index contributed by atoms with van der Waals surface area (Å²) in [5.41, 5.74) is -0.866. The molecule has 1 aromatic rings. The summed E-state index contributed by atoms with van der Waals surface area (Å²) in [6.07, 6.45) is 0.806. The molecule has 0 unspecified atom stereocenters. The Morgan fingerprint density at radius 3 is 2.37 bits per heavy atom. The van der Waals surface area contributed by atoms with Gasteiger partial charge in [-0.3, -0.25) is 19.4 Å². The van der Waals surface area contributed by atoms with Crippen LogP contribution in [0.15, 0.2) is 24.3 Å². The van der Waals surface area contributed by atoms with E-state index in [0.717, 1.165) is 25.4 Å². The topological polar surface area (TPSA) is 82.2 Å².